The lowest BCUT2D eigenvalue weighted by Gasteiger charge is -2.32. The van der Waals surface area contributed by atoms with Gasteiger partial charge in [0.25, 0.3) is 0 Å². The summed E-state index contributed by atoms with van der Waals surface area (Å²) in [5.41, 5.74) is 6.92. The largest absolute Gasteiger partial charge is 0.356 e. The van der Waals surface area contributed by atoms with E-state index in [0.717, 1.165) is 43.1 Å². The second-order valence-corrected chi connectivity index (χ2v) is 4.27. The Morgan fingerprint density at radius 2 is 2.24 bits per heavy atom. The summed E-state index contributed by atoms with van der Waals surface area (Å²) >= 11 is 0. The molecule has 0 saturated carbocycles. The number of H-pyrrole nitrogens is 1. The summed E-state index contributed by atoms with van der Waals surface area (Å²) < 4.78 is 0. The van der Waals surface area contributed by atoms with Crippen LogP contribution in [0.3, 0.4) is 0 Å². The Labute approximate surface area is 101 Å². The second kappa shape index (κ2) is 5.14. The van der Waals surface area contributed by atoms with E-state index in [9.17, 15) is 0 Å². The molecule has 3 N–H and O–H groups in total. The highest BCUT2D eigenvalue weighted by atomic mass is 15.2. The average Bonchev–Trinajstić information content (AvgIpc) is 2.81. The standard InChI is InChI=1S/C12H19N5/c1-14-11-10(3-6-16-11)12(15-2)17-7-4-9(13)5-8-17/h3,6,9,16H,1,4-5,7-8,13H2,2H3/b15-12+. The van der Waals surface area contributed by atoms with Crippen molar-refractivity contribution in [2.24, 2.45) is 15.7 Å². The second-order valence-electron chi connectivity index (χ2n) is 4.27. The number of hydrogen-bond donors (Lipinski definition) is 2. The molecule has 0 bridgehead atoms. The number of hydrogen-bond acceptors (Lipinski definition) is 3. The lowest BCUT2D eigenvalue weighted by Crippen LogP contribution is -2.43. The van der Waals surface area contributed by atoms with Crippen LogP contribution >= 0.6 is 0 Å². The van der Waals surface area contributed by atoms with Crippen LogP contribution in [0.4, 0.5) is 5.82 Å². The van der Waals surface area contributed by atoms with Gasteiger partial charge in [0, 0.05) is 32.4 Å². The molecule has 1 saturated heterocycles. The summed E-state index contributed by atoms with van der Waals surface area (Å²) in [6.45, 7) is 5.47. The number of nitrogens with one attached hydrogen (secondary N) is 1. The zero-order chi connectivity index (χ0) is 12.3. The van der Waals surface area contributed by atoms with Crippen molar-refractivity contribution in [1.82, 2.24) is 9.88 Å². The molecule has 5 heteroatoms. The Morgan fingerprint density at radius 3 is 2.82 bits per heavy atom. The molecule has 5 nitrogen and oxygen atoms in total. The van der Waals surface area contributed by atoms with Gasteiger partial charge in [-0.3, -0.25) is 4.99 Å². The Bertz CT molecular complexity index is 412. The summed E-state index contributed by atoms with van der Waals surface area (Å²) in [5, 5.41) is 0. The first kappa shape index (κ1) is 11.9. The van der Waals surface area contributed by atoms with Gasteiger partial charge in [0.15, 0.2) is 0 Å². The highest BCUT2D eigenvalue weighted by Gasteiger charge is 2.21. The minimum Gasteiger partial charge on any atom is -0.356 e. The number of aliphatic imine (C=N–C) groups is 2. The van der Waals surface area contributed by atoms with E-state index in [1.807, 2.05) is 19.3 Å². The predicted molar refractivity (Wildman–Crippen MR) is 71.2 cm³/mol. The number of aromatic nitrogens is 1. The Balaban J connectivity index is 2.20. The Hall–Kier alpha value is -1.62. The Kier molecular flexibility index (Phi) is 3.58. The molecule has 1 fully saturated rings. The molecule has 1 aromatic heterocycles. The van der Waals surface area contributed by atoms with E-state index < -0.39 is 0 Å². The fraction of sp³-hybridized carbons (Fsp3) is 0.500. The van der Waals surface area contributed by atoms with Crippen molar-refractivity contribution in [2.45, 2.75) is 18.9 Å². The maximum Gasteiger partial charge on any atom is 0.140 e. The van der Waals surface area contributed by atoms with E-state index in [1.165, 1.54) is 0 Å². The van der Waals surface area contributed by atoms with E-state index >= 15 is 0 Å². The minimum absolute atomic E-state index is 0.326. The Morgan fingerprint density at radius 1 is 1.53 bits per heavy atom. The molecule has 0 aromatic carbocycles. The van der Waals surface area contributed by atoms with Gasteiger partial charge in [-0.25, -0.2) is 4.99 Å². The molecule has 0 amide bonds. The van der Waals surface area contributed by atoms with Crippen molar-refractivity contribution in [3.05, 3.63) is 17.8 Å². The summed E-state index contributed by atoms with van der Waals surface area (Å²) in [6, 6.07) is 2.31. The molecule has 17 heavy (non-hydrogen) atoms. The molecule has 0 aliphatic carbocycles. The molecule has 0 unspecified atom stereocenters. The third kappa shape index (κ3) is 2.39. The fourth-order valence-electron chi connectivity index (χ4n) is 2.22. The van der Waals surface area contributed by atoms with E-state index in [4.69, 9.17) is 5.73 Å². The number of rotatable bonds is 2. The number of nitrogens with two attached hydrogens (primary N) is 1. The maximum absolute atomic E-state index is 5.91. The SMILES string of the molecule is C=Nc1[nH]ccc1/C(=N\C)N1CCC(N)CC1. The van der Waals surface area contributed by atoms with Crippen molar-refractivity contribution >= 4 is 18.4 Å². The third-order valence-electron chi connectivity index (χ3n) is 3.18. The zero-order valence-electron chi connectivity index (χ0n) is 10.2. The number of piperidine rings is 1. The molecule has 1 aliphatic rings. The van der Waals surface area contributed by atoms with Gasteiger partial charge in [-0.05, 0) is 25.6 Å². The number of amidine groups is 1. The highest BCUT2D eigenvalue weighted by Crippen LogP contribution is 2.20. The lowest BCUT2D eigenvalue weighted by molar-refractivity contribution is 0.314. The van der Waals surface area contributed by atoms with Gasteiger partial charge in [0.1, 0.15) is 11.7 Å². The van der Waals surface area contributed by atoms with Crippen LogP contribution in [0.5, 0.6) is 0 Å². The van der Waals surface area contributed by atoms with Gasteiger partial charge in [-0.1, -0.05) is 0 Å². The smallest absolute Gasteiger partial charge is 0.140 e. The van der Waals surface area contributed by atoms with E-state index in [2.05, 4.69) is 26.6 Å². The van der Waals surface area contributed by atoms with Crippen LogP contribution in [0.15, 0.2) is 22.2 Å². The fourth-order valence-corrected chi connectivity index (χ4v) is 2.22. The minimum atomic E-state index is 0.326. The maximum atomic E-state index is 5.91. The normalized spacial score (nSPS) is 18.5. The molecule has 1 aliphatic heterocycles. The van der Waals surface area contributed by atoms with Gasteiger partial charge in [0.2, 0.25) is 0 Å². The van der Waals surface area contributed by atoms with Crippen molar-refractivity contribution in [1.29, 1.82) is 0 Å². The van der Waals surface area contributed by atoms with E-state index in [-0.39, 0.29) is 0 Å². The van der Waals surface area contributed by atoms with E-state index in [1.54, 1.807) is 0 Å². The average molecular weight is 233 g/mol. The third-order valence-corrected chi connectivity index (χ3v) is 3.18. The summed E-state index contributed by atoms with van der Waals surface area (Å²) in [4.78, 5) is 13.7. The molecule has 1 aromatic rings. The highest BCUT2D eigenvalue weighted by molar-refractivity contribution is 6.02. The zero-order valence-corrected chi connectivity index (χ0v) is 10.2. The van der Waals surface area contributed by atoms with Crippen molar-refractivity contribution < 1.29 is 0 Å². The van der Waals surface area contributed by atoms with Gasteiger partial charge in [-0.2, -0.15) is 0 Å². The van der Waals surface area contributed by atoms with Gasteiger partial charge >= 0.3 is 0 Å². The van der Waals surface area contributed by atoms with Crippen LogP contribution in [0.1, 0.15) is 18.4 Å². The van der Waals surface area contributed by atoms with Crippen LogP contribution < -0.4 is 5.73 Å². The topological polar surface area (TPSA) is 69.8 Å². The molecule has 0 spiro atoms. The summed E-state index contributed by atoms with van der Waals surface area (Å²) in [7, 11) is 1.81. The van der Waals surface area contributed by atoms with E-state index in [0.29, 0.717) is 6.04 Å². The molecule has 0 atom stereocenters. The van der Waals surface area contributed by atoms with Gasteiger partial charge in [0.05, 0.1) is 5.56 Å². The molecular weight excluding hydrogens is 214 g/mol. The van der Waals surface area contributed by atoms with Gasteiger partial charge < -0.3 is 15.6 Å². The van der Waals surface area contributed by atoms with Crippen molar-refractivity contribution in [2.75, 3.05) is 20.1 Å². The molecule has 0 radical (unpaired) electrons. The molecule has 2 heterocycles. The van der Waals surface area contributed by atoms with Crippen LogP contribution in [-0.4, -0.2) is 48.6 Å². The van der Waals surface area contributed by atoms with Crippen molar-refractivity contribution in [3.8, 4) is 0 Å². The monoisotopic (exact) mass is 233 g/mol. The summed E-state index contributed by atoms with van der Waals surface area (Å²) in [6.07, 6.45) is 3.89. The van der Waals surface area contributed by atoms with Crippen LogP contribution in [-0.2, 0) is 0 Å². The molecular formula is C12H19N5. The predicted octanol–water partition coefficient (Wildman–Crippen LogP) is 1.15. The first-order chi connectivity index (χ1) is 8.26. The number of aromatic amines is 1. The van der Waals surface area contributed by atoms with Crippen LogP contribution in [0.25, 0.3) is 0 Å². The number of nitrogens with zero attached hydrogens (tertiary/aromatic N) is 3. The van der Waals surface area contributed by atoms with Crippen LogP contribution in [0.2, 0.25) is 0 Å². The van der Waals surface area contributed by atoms with Gasteiger partial charge in [-0.15, -0.1) is 0 Å². The first-order valence-corrected chi connectivity index (χ1v) is 5.88. The summed E-state index contributed by atoms with van der Waals surface area (Å²) in [5.74, 6) is 1.75. The molecule has 2 rings (SSSR count). The molecule has 92 valence electrons. The quantitative estimate of drug-likeness (QED) is 0.594. The lowest BCUT2D eigenvalue weighted by atomic mass is 10.1. The first-order valence-electron chi connectivity index (χ1n) is 5.88. The van der Waals surface area contributed by atoms with Crippen LogP contribution in [0, 0.1) is 0 Å². The number of likely N-dealkylation sites (tertiary alicyclic amines) is 1. The van der Waals surface area contributed by atoms with Crippen molar-refractivity contribution in [3.63, 3.8) is 0 Å².